The molecule has 0 aliphatic carbocycles. The van der Waals surface area contributed by atoms with Gasteiger partial charge in [0.2, 0.25) is 0 Å². The fraction of sp³-hybridized carbons (Fsp3) is 0.435. The molecular weight excluding hydrogens is 380 g/mol. The van der Waals surface area contributed by atoms with E-state index in [1.165, 1.54) is 0 Å². The number of nitriles is 1. The van der Waals surface area contributed by atoms with Gasteiger partial charge in [-0.15, -0.1) is 0 Å². The number of rotatable bonds is 4. The molecule has 1 saturated heterocycles. The first-order valence-electron chi connectivity index (χ1n) is 10.2. The lowest BCUT2D eigenvalue weighted by Crippen LogP contribution is -2.42. The number of amides is 2. The van der Waals surface area contributed by atoms with Crippen molar-refractivity contribution in [3.05, 3.63) is 59.4 Å². The molecule has 2 heterocycles. The molecule has 0 unspecified atom stereocenters. The van der Waals surface area contributed by atoms with Gasteiger partial charge in [0.05, 0.1) is 11.6 Å². The Morgan fingerprint density at radius 1 is 1.20 bits per heavy atom. The molecule has 0 atom stereocenters. The SMILES string of the molecule is CC(C)(C)OC(=O)N1CCC(n2cccc2C(=O)NCc2cccc(C#N)c2)CC1. The van der Waals surface area contributed by atoms with Gasteiger partial charge in [-0.1, -0.05) is 12.1 Å². The van der Waals surface area contributed by atoms with E-state index in [9.17, 15) is 9.59 Å². The summed E-state index contributed by atoms with van der Waals surface area (Å²) in [6.45, 7) is 7.13. The van der Waals surface area contributed by atoms with Crippen LogP contribution in [-0.4, -0.2) is 40.2 Å². The second-order valence-electron chi connectivity index (χ2n) is 8.49. The maximum Gasteiger partial charge on any atom is 0.410 e. The third kappa shape index (κ3) is 5.41. The smallest absolute Gasteiger partial charge is 0.410 e. The third-order valence-corrected chi connectivity index (χ3v) is 5.03. The minimum atomic E-state index is -0.508. The highest BCUT2D eigenvalue weighted by Gasteiger charge is 2.28. The van der Waals surface area contributed by atoms with E-state index in [0.717, 1.165) is 18.4 Å². The van der Waals surface area contributed by atoms with E-state index < -0.39 is 5.60 Å². The van der Waals surface area contributed by atoms with Crippen LogP contribution in [0.25, 0.3) is 0 Å². The molecule has 3 rings (SSSR count). The van der Waals surface area contributed by atoms with Crippen molar-refractivity contribution >= 4 is 12.0 Å². The first-order chi connectivity index (χ1) is 14.3. The summed E-state index contributed by atoms with van der Waals surface area (Å²) in [7, 11) is 0. The van der Waals surface area contributed by atoms with Crippen molar-refractivity contribution < 1.29 is 14.3 Å². The number of hydrogen-bond acceptors (Lipinski definition) is 4. The number of nitrogens with one attached hydrogen (secondary N) is 1. The summed E-state index contributed by atoms with van der Waals surface area (Å²) in [5.41, 5.74) is 1.54. The molecule has 0 saturated carbocycles. The maximum atomic E-state index is 12.7. The highest BCUT2D eigenvalue weighted by Crippen LogP contribution is 2.25. The second-order valence-corrected chi connectivity index (χ2v) is 8.49. The number of benzene rings is 1. The van der Waals surface area contributed by atoms with Crippen molar-refractivity contribution in [3.63, 3.8) is 0 Å². The summed E-state index contributed by atoms with van der Waals surface area (Å²) in [5.74, 6) is -0.156. The molecule has 1 fully saturated rings. The average Bonchev–Trinajstić information content (AvgIpc) is 3.21. The molecule has 2 amide bonds. The fourth-order valence-electron chi connectivity index (χ4n) is 3.58. The van der Waals surface area contributed by atoms with E-state index in [1.807, 2.05) is 43.7 Å². The van der Waals surface area contributed by atoms with Gasteiger partial charge < -0.3 is 19.5 Å². The number of carbonyl (C=O) groups excluding carboxylic acids is 2. The molecule has 30 heavy (non-hydrogen) atoms. The van der Waals surface area contributed by atoms with Crippen molar-refractivity contribution in [2.75, 3.05) is 13.1 Å². The topological polar surface area (TPSA) is 87.4 Å². The monoisotopic (exact) mass is 408 g/mol. The van der Waals surface area contributed by atoms with E-state index in [2.05, 4.69) is 11.4 Å². The quantitative estimate of drug-likeness (QED) is 0.832. The Bertz CT molecular complexity index is 944. The van der Waals surface area contributed by atoms with Crippen LogP contribution >= 0.6 is 0 Å². The van der Waals surface area contributed by atoms with Crippen molar-refractivity contribution in [2.45, 2.75) is 51.8 Å². The van der Waals surface area contributed by atoms with E-state index in [4.69, 9.17) is 10.00 Å². The molecule has 1 aliphatic heterocycles. The number of piperidine rings is 1. The van der Waals surface area contributed by atoms with Crippen molar-refractivity contribution in [1.29, 1.82) is 5.26 Å². The zero-order valence-corrected chi connectivity index (χ0v) is 17.7. The lowest BCUT2D eigenvalue weighted by molar-refractivity contribution is 0.0187. The summed E-state index contributed by atoms with van der Waals surface area (Å²) in [6.07, 6.45) is 3.15. The molecule has 158 valence electrons. The average molecular weight is 409 g/mol. The van der Waals surface area contributed by atoms with Crippen LogP contribution in [0.1, 0.15) is 61.3 Å². The van der Waals surface area contributed by atoms with Gasteiger partial charge in [0.15, 0.2) is 0 Å². The van der Waals surface area contributed by atoms with Gasteiger partial charge in [0, 0.05) is 31.9 Å². The molecule has 0 radical (unpaired) electrons. The Balaban J connectivity index is 1.58. The molecule has 1 aromatic heterocycles. The highest BCUT2D eigenvalue weighted by molar-refractivity contribution is 5.92. The van der Waals surface area contributed by atoms with Crippen LogP contribution < -0.4 is 5.32 Å². The fourth-order valence-corrected chi connectivity index (χ4v) is 3.58. The standard InChI is InChI=1S/C23H28N4O3/c1-23(2,3)30-22(29)26-12-9-19(10-13-26)27-11-5-8-20(27)21(28)25-16-18-7-4-6-17(14-18)15-24/h4-8,11,14,19H,9-10,12-13,16H2,1-3H3,(H,25,28). The zero-order valence-electron chi connectivity index (χ0n) is 17.7. The van der Waals surface area contributed by atoms with Gasteiger partial charge in [-0.2, -0.15) is 5.26 Å². The Labute approximate surface area is 177 Å². The second kappa shape index (κ2) is 9.04. The lowest BCUT2D eigenvalue weighted by atomic mass is 10.0. The van der Waals surface area contributed by atoms with Gasteiger partial charge in [-0.05, 0) is 63.4 Å². The molecule has 2 aromatic rings. The minimum Gasteiger partial charge on any atom is -0.444 e. The Morgan fingerprint density at radius 2 is 1.93 bits per heavy atom. The van der Waals surface area contributed by atoms with Crippen LogP contribution in [0.3, 0.4) is 0 Å². The number of hydrogen-bond donors (Lipinski definition) is 1. The number of carbonyl (C=O) groups is 2. The van der Waals surface area contributed by atoms with Crippen LogP contribution in [0, 0.1) is 11.3 Å². The molecule has 7 heteroatoms. The molecule has 1 aromatic carbocycles. The van der Waals surface area contributed by atoms with Crippen molar-refractivity contribution in [1.82, 2.24) is 14.8 Å². The Kier molecular flexibility index (Phi) is 6.46. The first-order valence-corrected chi connectivity index (χ1v) is 10.2. The summed E-state index contributed by atoms with van der Waals surface area (Å²) in [4.78, 5) is 26.7. The van der Waals surface area contributed by atoms with Crippen molar-refractivity contribution in [3.8, 4) is 6.07 Å². The highest BCUT2D eigenvalue weighted by atomic mass is 16.6. The zero-order chi connectivity index (χ0) is 21.7. The van der Waals surface area contributed by atoms with Gasteiger partial charge in [-0.3, -0.25) is 4.79 Å². The third-order valence-electron chi connectivity index (χ3n) is 5.03. The Hall–Kier alpha value is -3.27. The first kappa shape index (κ1) is 21.4. The van der Waals surface area contributed by atoms with Gasteiger partial charge in [0.1, 0.15) is 11.3 Å². The van der Waals surface area contributed by atoms with E-state index >= 15 is 0 Å². The summed E-state index contributed by atoms with van der Waals surface area (Å²) in [5, 5.41) is 11.9. The van der Waals surface area contributed by atoms with Crippen LogP contribution in [0.5, 0.6) is 0 Å². The van der Waals surface area contributed by atoms with E-state index in [-0.39, 0.29) is 18.0 Å². The molecule has 0 spiro atoms. The van der Waals surface area contributed by atoms with Crippen LogP contribution in [-0.2, 0) is 11.3 Å². The normalized spacial score (nSPS) is 14.8. The number of aromatic nitrogens is 1. The predicted octanol–water partition coefficient (Wildman–Crippen LogP) is 3.86. The number of ether oxygens (including phenoxy) is 1. The van der Waals surface area contributed by atoms with Crippen LogP contribution in [0.2, 0.25) is 0 Å². The lowest BCUT2D eigenvalue weighted by Gasteiger charge is -2.34. The van der Waals surface area contributed by atoms with Gasteiger partial charge in [-0.25, -0.2) is 4.79 Å². The van der Waals surface area contributed by atoms with E-state index in [1.54, 1.807) is 29.2 Å². The maximum absolute atomic E-state index is 12.7. The number of nitrogens with zero attached hydrogens (tertiary/aromatic N) is 3. The van der Waals surface area contributed by atoms with Crippen LogP contribution in [0.4, 0.5) is 4.79 Å². The van der Waals surface area contributed by atoms with E-state index in [0.29, 0.717) is 30.9 Å². The molecule has 1 N–H and O–H groups in total. The molecular formula is C23H28N4O3. The molecule has 7 nitrogen and oxygen atoms in total. The minimum absolute atomic E-state index is 0.154. The van der Waals surface area contributed by atoms with Crippen LogP contribution in [0.15, 0.2) is 42.6 Å². The predicted molar refractivity (Wildman–Crippen MR) is 113 cm³/mol. The number of likely N-dealkylation sites (tertiary alicyclic amines) is 1. The summed E-state index contributed by atoms with van der Waals surface area (Å²) >= 11 is 0. The Morgan fingerprint density at radius 3 is 2.60 bits per heavy atom. The van der Waals surface area contributed by atoms with Gasteiger partial charge in [0.25, 0.3) is 5.91 Å². The largest absolute Gasteiger partial charge is 0.444 e. The molecule has 1 aliphatic rings. The van der Waals surface area contributed by atoms with Crippen molar-refractivity contribution in [2.24, 2.45) is 0 Å². The molecule has 0 bridgehead atoms. The summed E-state index contributed by atoms with van der Waals surface area (Å²) < 4.78 is 7.45. The van der Waals surface area contributed by atoms with Gasteiger partial charge >= 0.3 is 6.09 Å². The summed E-state index contributed by atoms with van der Waals surface area (Å²) in [6, 6.07) is 13.1.